The van der Waals surface area contributed by atoms with Gasteiger partial charge in [0.1, 0.15) is 5.82 Å². The zero-order valence-corrected chi connectivity index (χ0v) is 12.0. The Morgan fingerprint density at radius 2 is 2.05 bits per heavy atom. The topological polar surface area (TPSA) is 29.9 Å². The maximum Gasteiger partial charge on any atom is 0.112 e. The van der Waals surface area contributed by atoms with E-state index in [4.69, 9.17) is 4.98 Å². The third kappa shape index (κ3) is 2.35. The van der Waals surface area contributed by atoms with E-state index in [0.717, 1.165) is 12.5 Å². The zero-order chi connectivity index (χ0) is 13.4. The minimum absolute atomic E-state index is 0.706. The lowest BCUT2D eigenvalue weighted by Gasteiger charge is -2.24. The summed E-state index contributed by atoms with van der Waals surface area (Å²) in [4.78, 5) is 4.88. The van der Waals surface area contributed by atoms with Crippen LogP contribution in [0.2, 0.25) is 0 Å². The SMILES string of the molecule is c1ccc2c(c1)nc(C1CC1)n2CCC1CCCCN1. The second-order valence-electron chi connectivity index (χ2n) is 6.32. The molecule has 1 atom stereocenters. The van der Waals surface area contributed by atoms with E-state index in [0.29, 0.717) is 6.04 Å². The van der Waals surface area contributed by atoms with E-state index < -0.39 is 0 Å². The number of para-hydroxylation sites is 2. The van der Waals surface area contributed by atoms with Crippen molar-refractivity contribution in [2.45, 2.75) is 57.0 Å². The lowest BCUT2D eigenvalue weighted by molar-refractivity contribution is 0.366. The van der Waals surface area contributed by atoms with Crippen LogP contribution < -0.4 is 5.32 Å². The van der Waals surface area contributed by atoms with Crippen molar-refractivity contribution in [2.75, 3.05) is 6.54 Å². The van der Waals surface area contributed by atoms with Crippen LogP contribution in [0.3, 0.4) is 0 Å². The van der Waals surface area contributed by atoms with E-state index in [-0.39, 0.29) is 0 Å². The number of fused-ring (bicyclic) bond motifs is 1. The van der Waals surface area contributed by atoms with Gasteiger partial charge < -0.3 is 9.88 Å². The van der Waals surface area contributed by atoms with Crippen molar-refractivity contribution in [3.8, 4) is 0 Å². The molecule has 3 nitrogen and oxygen atoms in total. The fraction of sp³-hybridized carbons (Fsp3) is 0.588. The Balaban J connectivity index is 1.58. The molecule has 2 aromatic rings. The Hall–Kier alpha value is -1.35. The molecule has 0 bridgehead atoms. The molecule has 20 heavy (non-hydrogen) atoms. The average molecular weight is 269 g/mol. The first-order valence-corrected chi connectivity index (χ1v) is 8.10. The number of hydrogen-bond acceptors (Lipinski definition) is 2. The first kappa shape index (κ1) is 12.4. The summed E-state index contributed by atoms with van der Waals surface area (Å²) in [5, 5.41) is 3.66. The molecule has 0 spiro atoms. The molecular weight excluding hydrogens is 246 g/mol. The van der Waals surface area contributed by atoms with Gasteiger partial charge in [0, 0.05) is 18.5 Å². The van der Waals surface area contributed by atoms with Gasteiger partial charge in [0.15, 0.2) is 0 Å². The molecule has 1 saturated carbocycles. The summed E-state index contributed by atoms with van der Waals surface area (Å²) >= 11 is 0. The summed E-state index contributed by atoms with van der Waals surface area (Å²) in [7, 11) is 0. The predicted octanol–water partition coefficient (Wildman–Crippen LogP) is 3.45. The fourth-order valence-electron chi connectivity index (χ4n) is 3.44. The lowest BCUT2D eigenvalue weighted by Crippen LogP contribution is -2.34. The summed E-state index contributed by atoms with van der Waals surface area (Å²) in [6.45, 7) is 2.31. The number of nitrogens with zero attached hydrogens (tertiary/aromatic N) is 2. The molecule has 2 fully saturated rings. The van der Waals surface area contributed by atoms with E-state index in [1.165, 1.54) is 61.9 Å². The van der Waals surface area contributed by atoms with Crippen molar-refractivity contribution in [1.82, 2.24) is 14.9 Å². The highest BCUT2D eigenvalue weighted by Crippen LogP contribution is 2.40. The molecule has 1 saturated heterocycles. The van der Waals surface area contributed by atoms with Crippen LogP contribution in [0.5, 0.6) is 0 Å². The van der Waals surface area contributed by atoms with Crippen LogP contribution in [-0.4, -0.2) is 22.1 Å². The number of benzene rings is 1. The maximum atomic E-state index is 4.88. The van der Waals surface area contributed by atoms with Gasteiger partial charge in [0.05, 0.1) is 11.0 Å². The summed E-state index contributed by atoms with van der Waals surface area (Å²) in [6.07, 6.45) is 7.96. The molecule has 1 aliphatic heterocycles. The van der Waals surface area contributed by atoms with Crippen LogP contribution in [0.4, 0.5) is 0 Å². The summed E-state index contributed by atoms with van der Waals surface area (Å²) in [5.74, 6) is 2.06. The van der Waals surface area contributed by atoms with Crippen molar-refractivity contribution in [1.29, 1.82) is 0 Å². The first-order chi connectivity index (χ1) is 9.92. The van der Waals surface area contributed by atoms with Crippen LogP contribution in [0.15, 0.2) is 24.3 Å². The largest absolute Gasteiger partial charge is 0.328 e. The van der Waals surface area contributed by atoms with Gasteiger partial charge in [-0.05, 0) is 50.8 Å². The summed E-state index contributed by atoms with van der Waals surface area (Å²) in [5.41, 5.74) is 2.50. The standard InChI is InChI=1S/C17H23N3/c1-2-7-16-15(6-1)19-17(13-8-9-13)20(16)12-10-14-5-3-4-11-18-14/h1-2,6-7,13-14,18H,3-5,8-12H2. The van der Waals surface area contributed by atoms with Gasteiger partial charge in [-0.15, -0.1) is 0 Å². The summed E-state index contributed by atoms with van der Waals surface area (Å²) in [6, 6.07) is 9.31. The molecule has 1 aromatic carbocycles. The van der Waals surface area contributed by atoms with Crippen LogP contribution in [0, 0.1) is 0 Å². The quantitative estimate of drug-likeness (QED) is 0.921. The highest BCUT2D eigenvalue weighted by atomic mass is 15.1. The second kappa shape index (κ2) is 5.21. The molecule has 1 aliphatic carbocycles. The van der Waals surface area contributed by atoms with Crippen LogP contribution in [-0.2, 0) is 6.54 Å². The normalized spacial score (nSPS) is 23.3. The van der Waals surface area contributed by atoms with Gasteiger partial charge in [0.2, 0.25) is 0 Å². The van der Waals surface area contributed by atoms with Gasteiger partial charge in [-0.3, -0.25) is 0 Å². The lowest BCUT2D eigenvalue weighted by atomic mass is 10.0. The van der Waals surface area contributed by atoms with Gasteiger partial charge >= 0.3 is 0 Å². The predicted molar refractivity (Wildman–Crippen MR) is 82.0 cm³/mol. The smallest absolute Gasteiger partial charge is 0.112 e. The Bertz CT molecular complexity index is 591. The number of piperidine rings is 1. The highest BCUT2D eigenvalue weighted by molar-refractivity contribution is 5.76. The van der Waals surface area contributed by atoms with E-state index in [1.54, 1.807) is 0 Å². The van der Waals surface area contributed by atoms with Crippen molar-refractivity contribution in [2.24, 2.45) is 0 Å². The minimum Gasteiger partial charge on any atom is -0.328 e. The van der Waals surface area contributed by atoms with Gasteiger partial charge in [-0.2, -0.15) is 0 Å². The fourth-order valence-corrected chi connectivity index (χ4v) is 3.44. The Morgan fingerprint density at radius 3 is 2.85 bits per heavy atom. The Labute approximate surface area is 120 Å². The van der Waals surface area contributed by atoms with Crippen molar-refractivity contribution < 1.29 is 0 Å². The molecule has 2 heterocycles. The first-order valence-electron chi connectivity index (χ1n) is 8.10. The van der Waals surface area contributed by atoms with E-state index in [2.05, 4.69) is 34.1 Å². The highest BCUT2D eigenvalue weighted by Gasteiger charge is 2.29. The molecule has 4 rings (SSSR count). The number of imidazole rings is 1. The van der Waals surface area contributed by atoms with E-state index in [1.807, 2.05) is 0 Å². The summed E-state index contributed by atoms with van der Waals surface area (Å²) < 4.78 is 2.49. The second-order valence-corrected chi connectivity index (χ2v) is 6.32. The van der Waals surface area contributed by atoms with E-state index >= 15 is 0 Å². The number of nitrogens with one attached hydrogen (secondary N) is 1. The number of rotatable bonds is 4. The molecule has 1 aromatic heterocycles. The van der Waals surface area contributed by atoms with Crippen molar-refractivity contribution in [3.05, 3.63) is 30.1 Å². The molecule has 0 amide bonds. The van der Waals surface area contributed by atoms with Crippen LogP contribution in [0.1, 0.15) is 50.3 Å². The Kier molecular flexibility index (Phi) is 3.23. The number of aromatic nitrogens is 2. The third-order valence-electron chi connectivity index (χ3n) is 4.74. The maximum absolute atomic E-state index is 4.88. The molecule has 1 N–H and O–H groups in total. The number of aryl methyl sites for hydroxylation is 1. The Morgan fingerprint density at radius 1 is 1.15 bits per heavy atom. The van der Waals surface area contributed by atoms with Crippen molar-refractivity contribution >= 4 is 11.0 Å². The molecular formula is C17H23N3. The zero-order valence-electron chi connectivity index (χ0n) is 12.0. The molecule has 3 heteroatoms. The minimum atomic E-state index is 0.706. The third-order valence-corrected chi connectivity index (χ3v) is 4.74. The molecule has 1 unspecified atom stereocenters. The monoisotopic (exact) mass is 269 g/mol. The van der Waals surface area contributed by atoms with Gasteiger partial charge in [-0.25, -0.2) is 4.98 Å². The van der Waals surface area contributed by atoms with Crippen LogP contribution >= 0.6 is 0 Å². The molecule has 0 radical (unpaired) electrons. The van der Waals surface area contributed by atoms with Gasteiger partial charge in [0.25, 0.3) is 0 Å². The average Bonchev–Trinajstić information content (AvgIpc) is 3.28. The van der Waals surface area contributed by atoms with Crippen molar-refractivity contribution in [3.63, 3.8) is 0 Å². The molecule has 106 valence electrons. The number of hydrogen-bond donors (Lipinski definition) is 1. The van der Waals surface area contributed by atoms with Crippen LogP contribution in [0.25, 0.3) is 11.0 Å². The van der Waals surface area contributed by atoms with Gasteiger partial charge in [-0.1, -0.05) is 18.6 Å². The van der Waals surface area contributed by atoms with E-state index in [9.17, 15) is 0 Å². The molecule has 2 aliphatic rings.